The molecule has 0 saturated carbocycles. The second kappa shape index (κ2) is 6.90. The lowest BCUT2D eigenvalue weighted by Crippen LogP contribution is -2.28. The monoisotopic (exact) mass is 374 g/mol. The molecule has 128 valence electrons. The Morgan fingerprint density at radius 1 is 1.12 bits per heavy atom. The highest BCUT2D eigenvalue weighted by Gasteiger charge is 2.19. The van der Waals surface area contributed by atoms with Crippen LogP contribution >= 0.6 is 23.2 Å². The van der Waals surface area contributed by atoms with Gasteiger partial charge in [0.25, 0.3) is 5.91 Å². The van der Waals surface area contributed by atoms with Gasteiger partial charge in [-0.3, -0.25) is 9.59 Å². The number of alkyl halides is 1. The molecule has 0 radical (unpaired) electrons. The molecular formula is C19H16Cl2N2O2. The number of primary amides is 1. The van der Waals surface area contributed by atoms with Crippen molar-refractivity contribution in [2.75, 3.05) is 0 Å². The maximum Gasteiger partial charge on any atom is 0.254 e. The molecule has 6 heteroatoms. The number of carbonyl (C=O) groups excluding carboxylic acids is 1. The first-order valence-corrected chi connectivity index (χ1v) is 8.58. The molecule has 3 aromatic rings. The molecule has 0 atom stereocenters. The summed E-state index contributed by atoms with van der Waals surface area (Å²) in [6.45, 7) is 0. The van der Waals surface area contributed by atoms with Crippen LogP contribution < -0.4 is 11.2 Å². The molecular weight excluding hydrogens is 359 g/mol. The minimum absolute atomic E-state index is 0.0108. The molecule has 0 aliphatic carbocycles. The Kier molecular flexibility index (Phi) is 4.84. The summed E-state index contributed by atoms with van der Waals surface area (Å²) in [4.78, 5) is 24.9. The number of hydrogen-bond acceptors (Lipinski definition) is 2. The van der Waals surface area contributed by atoms with E-state index in [9.17, 15) is 9.59 Å². The molecule has 2 N–H and O–H groups in total. The first kappa shape index (κ1) is 17.5. The molecule has 1 amide bonds. The van der Waals surface area contributed by atoms with Gasteiger partial charge in [0.15, 0.2) is 0 Å². The van der Waals surface area contributed by atoms with Crippen molar-refractivity contribution in [3.05, 3.63) is 80.1 Å². The molecule has 0 spiro atoms. The second-order valence-electron chi connectivity index (χ2n) is 5.86. The van der Waals surface area contributed by atoms with Crippen LogP contribution in [0.25, 0.3) is 10.9 Å². The fourth-order valence-electron chi connectivity index (χ4n) is 2.98. The third-order valence-electron chi connectivity index (χ3n) is 4.27. The number of pyridine rings is 1. The molecule has 0 aliphatic rings. The van der Waals surface area contributed by atoms with E-state index >= 15 is 0 Å². The number of amides is 1. The quantitative estimate of drug-likeness (QED) is 0.708. The van der Waals surface area contributed by atoms with Crippen LogP contribution in [0, 0.1) is 0 Å². The number of aryl methyl sites for hydroxylation is 1. The Morgan fingerprint density at radius 3 is 2.36 bits per heavy atom. The van der Waals surface area contributed by atoms with Crippen molar-refractivity contribution in [2.45, 2.75) is 12.3 Å². The molecule has 2 aromatic carbocycles. The van der Waals surface area contributed by atoms with Gasteiger partial charge in [-0.25, -0.2) is 0 Å². The summed E-state index contributed by atoms with van der Waals surface area (Å²) < 4.78 is 1.84. The van der Waals surface area contributed by atoms with E-state index in [0.29, 0.717) is 22.5 Å². The first-order chi connectivity index (χ1) is 11.9. The van der Waals surface area contributed by atoms with Crippen LogP contribution in [0.1, 0.15) is 27.2 Å². The highest BCUT2D eigenvalue weighted by atomic mass is 35.5. The lowest BCUT2D eigenvalue weighted by molar-refractivity contribution is 0.0998. The van der Waals surface area contributed by atoms with Crippen LogP contribution in [-0.4, -0.2) is 10.5 Å². The van der Waals surface area contributed by atoms with E-state index in [4.69, 9.17) is 28.9 Å². The highest BCUT2D eigenvalue weighted by Crippen LogP contribution is 2.21. The molecule has 0 aliphatic heterocycles. The molecule has 25 heavy (non-hydrogen) atoms. The molecule has 1 heterocycles. The zero-order valence-electron chi connectivity index (χ0n) is 13.6. The van der Waals surface area contributed by atoms with Crippen LogP contribution in [0.2, 0.25) is 5.02 Å². The smallest absolute Gasteiger partial charge is 0.254 e. The molecule has 0 saturated heterocycles. The number of hydrogen-bond donors (Lipinski definition) is 1. The van der Waals surface area contributed by atoms with E-state index in [1.807, 2.05) is 35.9 Å². The van der Waals surface area contributed by atoms with Gasteiger partial charge in [-0.05, 0) is 35.4 Å². The van der Waals surface area contributed by atoms with Gasteiger partial charge < -0.3 is 10.3 Å². The van der Waals surface area contributed by atoms with Gasteiger partial charge in [-0.1, -0.05) is 29.8 Å². The standard InChI is InChI=1S/C19H16Cl2N2O2/c1-23-15-7-4-12(10-20)8-14(15)18(24)17(19(22)25)16(23)9-11-2-5-13(21)6-3-11/h2-8H,9-10H2,1H3,(H2,22,25). The van der Waals surface area contributed by atoms with Crippen LogP contribution in [0.3, 0.4) is 0 Å². The molecule has 0 unspecified atom stereocenters. The minimum atomic E-state index is -0.734. The Balaban J connectivity index is 2.28. The molecule has 1 aromatic heterocycles. The number of rotatable bonds is 4. The van der Waals surface area contributed by atoms with E-state index in [2.05, 4.69) is 0 Å². The van der Waals surface area contributed by atoms with Gasteiger partial charge in [0.05, 0.1) is 5.52 Å². The molecule has 3 rings (SSSR count). The Morgan fingerprint density at radius 2 is 1.76 bits per heavy atom. The number of nitrogens with zero attached hydrogens (tertiary/aromatic N) is 1. The topological polar surface area (TPSA) is 65.1 Å². The lowest BCUT2D eigenvalue weighted by Gasteiger charge is -2.16. The normalized spacial score (nSPS) is 11.0. The summed E-state index contributed by atoms with van der Waals surface area (Å²) in [6, 6.07) is 12.7. The number of carbonyl (C=O) groups is 1. The van der Waals surface area contributed by atoms with Crippen molar-refractivity contribution < 1.29 is 4.79 Å². The van der Waals surface area contributed by atoms with E-state index in [-0.39, 0.29) is 16.9 Å². The highest BCUT2D eigenvalue weighted by molar-refractivity contribution is 6.30. The van der Waals surface area contributed by atoms with Gasteiger partial charge in [0.1, 0.15) is 5.56 Å². The van der Waals surface area contributed by atoms with E-state index in [0.717, 1.165) is 16.6 Å². The van der Waals surface area contributed by atoms with Gasteiger partial charge in [0, 0.05) is 35.5 Å². The zero-order chi connectivity index (χ0) is 18.1. The van der Waals surface area contributed by atoms with E-state index < -0.39 is 5.91 Å². The third-order valence-corrected chi connectivity index (χ3v) is 4.83. The number of halogens is 2. The van der Waals surface area contributed by atoms with Crippen molar-refractivity contribution in [1.82, 2.24) is 4.57 Å². The average Bonchev–Trinajstić information content (AvgIpc) is 2.60. The molecule has 4 nitrogen and oxygen atoms in total. The van der Waals surface area contributed by atoms with Crippen LogP contribution in [0.5, 0.6) is 0 Å². The maximum absolute atomic E-state index is 12.9. The van der Waals surface area contributed by atoms with Gasteiger partial charge >= 0.3 is 0 Å². The molecule has 0 bridgehead atoms. The number of aromatic nitrogens is 1. The SMILES string of the molecule is Cn1c(Cc2ccc(Cl)cc2)c(C(N)=O)c(=O)c2cc(CCl)ccc21. The van der Waals surface area contributed by atoms with Crippen LogP contribution in [-0.2, 0) is 19.3 Å². The average molecular weight is 375 g/mol. The lowest BCUT2D eigenvalue weighted by atomic mass is 10.0. The van der Waals surface area contributed by atoms with Crippen molar-refractivity contribution >= 4 is 40.0 Å². The Labute approximate surface area is 154 Å². The summed E-state index contributed by atoms with van der Waals surface area (Å²) >= 11 is 11.8. The predicted molar refractivity (Wildman–Crippen MR) is 102 cm³/mol. The van der Waals surface area contributed by atoms with Crippen molar-refractivity contribution in [3.63, 3.8) is 0 Å². The second-order valence-corrected chi connectivity index (χ2v) is 6.57. The summed E-state index contributed by atoms with van der Waals surface area (Å²) in [5, 5.41) is 1.06. The number of nitrogens with two attached hydrogens (primary N) is 1. The third kappa shape index (κ3) is 3.28. The number of fused-ring (bicyclic) bond motifs is 1. The van der Waals surface area contributed by atoms with Crippen LogP contribution in [0.15, 0.2) is 47.3 Å². The van der Waals surface area contributed by atoms with Crippen LogP contribution in [0.4, 0.5) is 0 Å². The largest absolute Gasteiger partial charge is 0.365 e. The predicted octanol–water partition coefficient (Wildman–Crippen LogP) is 3.62. The molecule has 0 fully saturated rings. The fourth-order valence-corrected chi connectivity index (χ4v) is 3.27. The van der Waals surface area contributed by atoms with E-state index in [1.165, 1.54) is 0 Å². The van der Waals surface area contributed by atoms with Gasteiger partial charge in [-0.2, -0.15) is 0 Å². The number of benzene rings is 2. The Hall–Kier alpha value is -2.30. The van der Waals surface area contributed by atoms with Gasteiger partial charge in [0.2, 0.25) is 5.43 Å². The van der Waals surface area contributed by atoms with Crippen molar-refractivity contribution in [3.8, 4) is 0 Å². The maximum atomic E-state index is 12.9. The summed E-state index contributed by atoms with van der Waals surface area (Å²) in [5.41, 5.74) is 8.22. The van der Waals surface area contributed by atoms with E-state index in [1.54, 1.807) is 18.2 Å². The summed E-state index contributed by atoms with van der Waals surface area (Å²) in [7, 11) is 1.82. The first-order valence-electron chi connectivity index (χ1n) is 7.67. The van der Waals surface area contributed by atoms with Crippen molar-refractivity contribution in [1.29, 1.82) is 0 Å². The minimum Gasteiger partial charge on any atom is -0.365 e. The Bertz CT molecular complexity index is 1020. The summed E-state index contributed by atoms with van der Waals surface area (Å²) in [5.74, 6) is -0.444. The fraction of sp³-hybridized carbons (Fsp3) is 0.158. The summed E-state index contributed by atoms with van der Waals surface area (Å²) in [6.07, 6.45) is 0.397. The van der Waals surface area contributed by atoms with Crippen molar-refractivity contribution in [2.24, 2.45) is 12.8 Å². The zero-order valence-corrected chi connectivity index (χ0v) is 15.1. The van der Waals surface area contributed by atoms with Gasteiger partial charge in [-0.15, -0.1) is 11.6 Å².